The Morgan fingerprint density at radius 1 is 1.45 bits per heavy atom. The Hall–Kier alpha value is -1.98. The number of esters is 1. The molecule has 20 heavy (non-hydrogen) atoms. The highest BCUT2D eigenvalue weighted by Crippen LogP contribution is 2.31. The van der Waals surface area contributed by atoms with Gasteiger partial charge in [-0.1, -0.05) is 11.6 Å². The number of hydrogen-bond donors (Lipinski definition) is 2. The molecule has 2 rings (SSSR count). The SMILES string of the molecule is CCOC(=O)c1cc(Cl)cc(-n2cccc2CO)c1O. The van der Waals surface area contributed by atoms with Gasteiger partial charge in [0.05, 0.1) is 18.9 Å². The lowest BCUT2D eigenvalue weighted by Crippen LogP contribution is -2.07. The molecule has 1 heterocycles. The highest BCUT2D eigenvalue weighted by molar-refractivity contribution is 6.31. The summed E-state index contributed by atoms with van der Waals surface area (Å²) in [7, 11) is 0. The van der Waals surface area contributed by atoms with Gasteiger partial charge < -0.3 is 19.5 Å². The Bertz CT molecular complexity index is 636. The monoisotopic (exact) mass is 295 g/mol. The second-order valence-corrected chi connectivity index (χ2v) is 4.51. The molecular weight excluding hydrogens is 282 g/mol. The maximum absolute atomic E-state index is 11.8. The van der Waals surface area contributed by atoms with E-state index >= 15 is 0 Å². The van der Waals surface area contributed by atoms with Crippen LogP contribution in [0.25, 0.3) is 5.69 Å². The molecule has 1 aromatic heterocycles. The van der Waals surface area contributed by atoms with Gasteiger partial charge in [-0.3, -0.25) is 0 Å². The van der Waals surface area contributed by atoms with Crippen LogP contribution in [0.2, 0.25) is 5.02 Å². The normalized spacial score (nSPS) is 10.6. The second-order valence-electron chi connectivity index (χ2n) is 4.07. The van der Waals surface area contributed by atoms with Crippen molar-refractivity contribution in [1.82, 2.24) is 4.57 Å². The number of rotatable bonds is 4. The van der Waals surface area contributed by atoms with E-state index in [0.29, 0.717) is 16.4 Å². The first-order valence-corrected chi connectivity index (χ1v) is 6.43. The molecule has 0 fully saturated rings. The molecule has 0 spiro atoms. The van der Waals surface area contributed by atoms with Crippen LogP contribution >= 0.6 is 11.6 Å². The summed E-state index contributed by atoms with van der Waals surface area (Å²) in [5.74, 6) is -0.884. The summed E-state index contributed by atoms with van der Waals surface area (Å²) < 4.78 is 6.44. The molecule has 0 saturated heterocycles. The number of carbonyl (C=O) groups is 1. The third-order valence-electron chi connectivity index (χ3n) is 2.80. The number of aromatic hydroxyl groups is 1. The zero-order valence-electron chi connectivity index (χ0n) is 10.8. The van der Waals surface area contributed by atoms with E-state index in [9.17, 15) is 15.0 Å². The average molecular weight is 296 g/mol. The van der Waals surface area contributed by atoms with E-state index in [-0.39, 0.29) is 24.5 Å². The van der Waals surface area contributed by atoms with Crippen molar-refractivity contribution < 1.29 is 19.7 Å². The quantitative estimate of drug-likeness (QED) is 0.850. The molecular formula is C14H14ClNO4. The molecule has 0 aliphatic rings. The van der Waals surface area contributed by atoms with Gasteiger partial charge in [-0.2, -0.15) is 0 Å². The summed E-state index contributed by atoms with van der Waals surface area (Å²) >= 11 is 5.98. The van der Waals surface area contributed by atoms with Crippen LogP contribution in [0.3, 0.4) is 0 Å². The largest absolute Gasteiger partial charge is 0.505 e. The number of aliphatic hydroxyl groups excluding tert-OH is 1. The summed E-state index contributed by atoms with van der Waals surface area (Å²) in [6.45, 7) is 1.68. The van der Waals surface area contributed by atoms with Gasteiger partial charge in [-0.05, 0) is 31.2 Å². The van der Waals surface area contributed by atoms with Gasteiger partial charge in [-0.25, -0.2) is 4.79 Å². The molecule has 0 radical (unpaired) electrons. The molecule has 2 N–H and O–H groups in total. The van der Waals surface area contributed by atoms with Crippen molar-refractivity contribution in [3.8, 4) is 11.4 Å². The number of phenolic OH excluding ortho intramolecular Hbond substituents is 1. The third-order valence-corrected chi connectivity index (χ3v) is 3.02. The van der Waals surface area contributed by atoms with Crippen molar-refractivity contribution >= 4 is 17.6 Å². The van der Waals surface area contributed by atoms with Gasteiger partial charge in [0, 0.05) is 16.9 Å². The highest BCUT2D eigenvalue weighted by atomic mass is 35.5. The average Bonchev–Trinajstić information content (AvgIpc) is 2.89. The fraction of sp³-hybridized carbons (Fsp3) is 0.214. The maximum atomic E-state index is 11.8. The van der Waals surface area contributed by atoms with Crippen LogP contribution in [-0.4, -0.2) is 27.4 Å². The predicted molar refractivity (Wildman–Crippen MR) is 74.3 cm³/mol. The fourth-order valence-corrected chi connectivity index (χ4v) is 2.13. The number of hydrogen-bond acceptors (Lipinski definition) is 4. The molecule has 0 atom stereocenters. The van der Waals surface area contributed by atoms with Crippen LogP contribution in [0, 0.1) is 0 Å². The van der Waals surface area contributed by atoms with E-state index in [1.807, 2.05) is 0 Å². The Kier molecular flexibility index (Phi) is 4.32. The van der Waals surface area contributed by atoms with Crippen molar-refractivity contribution in [1.29, 1.82) is 0 Å². The number of aliphatic hydroxyl groups is 1. The molecule has 0 aliphatic carbocycles. The molecule has 6 heteroatoms. The lowest BCUT2D eigenvalue weighted by Gasteiger charge is -2.13. The minimum absolute atomic E-state index is 0.00746. The number of phenols is 1. The Labute approximate surface area is 121 Å². The van der Waals surface area contributed by atoms with Gasteiger partial charge in [-0.15, -0.1) is 0 Å². The second kappa shape index (κ2) is 5.98. The van der Waals surface area contributed by atoms with Crippen molar-refractivity contribution in [2.75, 3.05) is 6.61 Å². The summed E-state index contributed by atoms with van der Waals surface area (Å²) in [5, 5.41) is 19.8. The van der Waals surface area contributed by atoms with Crippen LogP contribution in [0.15, 0.2) is 30.5 Å². The van der Waals surface area contributed by atoms with E-state index in [1.54, 1.807) is 29.8 Å². The van der Waals surface area contributed by atoms with Gasteiger partial charge in [0.2, 0.25) is 0 Å². The third kappa shape index (κ3) is 2.64. The number of ether oxygens (including phenoxy) is 1. The Morgan fingerprint density at radius 3 is 2.85 bits per heavy atom. The van der Waals surface area contributed by atoms with E-state index in [1.165, 1.54) is 12.1 Å². The van der Waals surface area contributed by atoms with E-state index in [2.05, 4.69) is 0 Å². The Morgan fingerprint density at radius 2 is 2.20 bits per heavy atom. The molecule has 0 saturated carbocycles. The minimum atomic E-state index is -0.647. The summed E-state index contributed by atoms with van der Waals surface area (Å²) in [4.78, 5) is 11.8. The molecule has 1 aromatic carbocycles. The molecule has 0 unspecified atom stereocenters. The standard InChI is InChI=1S/C14H14ClNO4/c1-2-20-14(19)11-6-9(15)7-12(13(11)18)16-5-3-4-10(16)8-17/h3-7,17-18H,2,8H2,1H3. The number of halogens is 1. The molecule has 2 aromatic rings. The summed E-state index contributed by atoms with van der Waals surface area (Å²) in [6, 6.07) is 6.28. The number of aromatic nitrogens is 1. The fourth-order valence-electron chi connectivity index (χ4n) is 1.91. The van der Waals surface area contributed by atoms with E-state index in [4.69, 9.17) is 16.3 Å². The Balaban J connectivity index is 2.57. The molecule has 0 amide bonds. The zero-order valence-corrected chi connectivity index (χ0v) is 11.6. The van der Waals surface area contributed by atoms with E-state index in [0.717, 1.165) is 0 Å². The smallest absolute Gasteiger partial charge is 0.342 e. The lowest BCUT2D eigenvalue weighted by atomic mass is 10.1. The van der Waals surface area contributed by atoms with Crippen molar-refractivity contribution in [3.05, 3.63) is 46.7 Å². The van der Waals surface area contributed by atoms with Crippen molar-refractivity contribution in [3.63, 3.8) is 0 Å². The van der Waals surface area contributed by atoms with Crippen LogP contribution < -0.4 is 0 Å². The molecule has 0 aliphatic heterocycles. The maximum Gasteiger partial charge on any atom is 0.342 e. The van der Waals surface area contributed by atoms with Crippen molar-refractivity contribution in [2.45, 2.75) is 13.5 Å². The van der Waals surface area contributed by atoms with Gasteiger partial charge in [0.25, 0.3) is 0 Å². The van der Waals surface area contributed by atoms with Crippen LogP contribution in [-0.2, 0) is 11.3 Å². The van der Waals surface area contributed by atoms with Crippen LogP contribution in [0.4, 0.5) is 0 Å². The first kappa shape index (κ1) is 14.4. The van der Waals surface area contributed by atoms with Crippen LogP contribution in [0.1, 0.15) is 23.0 Å². The zero-order chi connectivity index (χ0) is 14.7. The molecule has 106 valence electrons. The molecule has 0 bridgehead atoms. The van der Waals surface area contributed by atoms with Crippen molar-refractivity contribution in [2.24, 2.45) is 0 Å². The lowest BCUT2D eigenvalue weighted by molar-refractivity contribution is 0.0523. The van der Waals surface area contributed by atoms with Gasteiger partial charge in [0.15, 0.2) is 5.75 Å². The minimum Gasteiger partial charge on any atom is -0.505 e. The topological polar surface area (TPSA) is 71.7 Å². The summed E-state index contributed by atoms with van der Waals surface area (Å²) in [5.41, 5.74) is 0.874. The van der Waals surface area contributed by atoms with Gasteiger partial charge >= 0.3 is 5.97 Å². The van der Waals surface area contributed by atoms with Crippen LogP contribution in [0.5, 0.6) is 5.75 Å². The molecule has 5 nitrogen and oxygen atoms in total. The highest BCUT2D eigenvalue weighted by Gasteiger charge is 2.19. The predicted octanol–water partition coefficient (Wildman–Crippen LogP) is 2.51. The first-order valence-electron chi connectivity index (χ1n) is 6.05. The summed E-state index contributed by atoms with van der Waals surface area (Å²) in [6.07, 6.45) is 1.66. The first-order chi connectivity index (χ1) is 9.58. The van der Waals surface area contributed by atoms with Gasteiger partial charge in [0.1, 0.15) is 5.56 Å². The number of nitrogens with zero attached hydrogens (tertiary/aromatic N) is 1. The number of carbonyl (C=O) groups excluding carboxylic acids is 1. The number of benzene rings is 1. The van der Waals surface area contributed by atoms with E-state index < -0.39 is 5.97 Å².